The highest BCUT2D eigenvalue weighted by molar-refractivity contribution is 6.35. The molecule has 4 nitrogen and oxygen atoms in total. The van der Waals surface area contributed by atoms with Crippen molar-refractivity contribution in [3.63, 3.8) is 0 Å². The molecule has 1 atom stereocenters. The molecule has 0 amide bonds. The minimum Gasteiger partial charge on any atom is -0.489 e. The van der Waals surface area contributed by atoms with E-state index in [2.05, 4.69) is 4.90 Å². The summed E-state index contributed by atoms with van der Waals surface area (Å²) in [6, 6.07) is 11.8. The Morgan fingerprint density at radius 2 is 1.71 bits per heavy atom. The van der Waals surface area contributed by atoms with Crippen LogP contribution in [0.5, 0.6) is 5.75 Å². The molecule has 1 N–H and O–H groups in total. The summed E-state index contributed by atoms with van der Waals surface area (Å²) in [5, 5.41) is 11.2. The molecule has 0 aromatic heterocycles. The van der Waals surface area contributed by atoms with Crippen LogP contribution in [0.1, 0.15) is 0 Å². The molecule has 28 heavy (non-hydrogen) atoms. The van der Waals surface area contributed by atoms with E-state index in [1.807, 2.05) is 11.0 Å². The third-order valence-corrected chi connectivity index (χ3v) is 4.89. The highest BCUT2D eigenvalue weighted by Gasteiger charge is 2.21. The zero-order valence-electron chi connectivity index (χ0n) is 15.1. The number of hydrogen-bond acceptors (Lipinski definition) is 4. The molecule has 3 rings (SSSR count). The molecule has 1 fully saturated rings. The molecule has 1 unspecified atom stereocenters. The molecule has 1 heterocycles. The van der Waals surface area contributed by atoms with Gasteiger partial charge in [0.15, 0.2) is 0 Å². The summed E-state index contributed by atoms with van der Waals surface area (Å²) >= 11 is 11.9. The van der Waals surface area contributed by atoms with Crippen LogP contribution < -0.4 is 9.64 Å². The number of aliphatic hydroxyl groups excluding tert-OH is 1. The Morgan fingerprint density at radius 3 is 2.36 bits per heavy atom. The summed E-state index contributed by atoms with van der Waals surface area (Å²) in [5.41, 5.74) is 0.633. The minimum absolute atomic E-state index is 0. The Bertz CT molecular complexity index is 746. The first-order valence-electron chi connectivity index (χ1n) is 8.50. The molecule has 0 radical (unpaired) electrons. The summed E-state index contributed by atoms with van der Waals surface area (Å²) in [6.07, 6.45) is -0.637. The Kier molecular flexibility index (Phi) is 10.7. The number of β-amino-alcohol motifs (C(OH)–C–C–N with tert-alkyl or cyclic N) is 1. The van der Waals surface area contributed by atoms with Crippen LogP contribution >= 0.6 is 48.0 Å². The number of anilines is 1. The van der Waals surface area contributed by atoms with Gasteiger partial charge in [-0.1, -0.05) is 35.3 Å². The van der Waals surface area contributed by atoms with Gasteiger partial charge in [-0.05, 0) is 30.3 Å². The number of halogens is 5. The monoisotopic (exact) mass is 470 g/mol. The number of benzene rings is 2. The van der Waals surface area contributed by atoms with E-state index in [-0.39, 0.29) is 37.2 Å². The summed E-state index contributed by atoms with van der Waals surface area (Å²) in [4.78, 5) is 4.18. The number of ether oxygens (including phenoxy) is 1. The molecule has 0 aliphatic carbocycles. The molecule has 0 spiro atoms. The molecule has 2 aromatic carbocycles. The standard InChI is InChI=1S/C19H21Cl2FN2O2.2ClH/c20-14-5-6-19(16(21)11-14)26-13-15(25)12-23-7-9-24(10-8-23)18-4-2-1-3-17(18)22;;/h1-6,11,15,25H,7-10,12-13H2;2*1H. The van der Waals surface area contributed by atoms with Crippen molar-refractivity contribution in [2.24, 2.45) is 0 Å². The predicted molar refractivity (Wildman–Crippen MR) is 118 cm³/mol. The van der Waals surface area contributed by atoms with Crippen LogP contribution in [0.3, 0.4) is 0 Å². The van der Waals surface area contributed by atoms with Gasteiger partial charge in [0, 0.05) is 37.7 Å². The van der Waals surface area contributed by atoms with Crippen LogP contribution in [0.2, 0.25) is 10.0 Å². The average Bonchev–Trinajstić information content (AvgIpc) is 2.62. The number of para-hydroxylation sites is 1. The van der Waals surface area contributed by atoms with Crippen LogP contribution in [-0.4, -0.2) is 55.4 Å². The number of nitrogens with zero attached hydrogens (tertiary/aromatic N) is 2. The van der Waals surface area contributed by atoms with Gasteiger partial charge in [-0.3, -0.25) is 4.90 Å². The van der Waals surface area contributed by atoms with E-state index in [1.54, 1.807) is 30.3 Å². The Labute approximate surface area is 187 Å². The van der Waals surface area contributed by atoms with Gasteiger partial charge in [0.05, 0.1) is 10.7 Å². The largest absolute Gasteiger partial charge is 0.489 e. The molecule has 0 bridgehead atoms. The fourth-order valence-corrected chi connectivity index (χ4v) is 3.47. The van der Waals surface area contributed by atoms with Gasteiger partial charge < -0.3 is 14.7 Å². The maximum Gasteiger partial charge on any atom is 0.146 e. The average molecular weight is 472 g/mol. The molecule has 1 aliphatic rings. The highest BCUT2D eigenvalue weighted by atomic mass is 35.5. The van der Waals surface area contributed by atoms with Gasteiger partial charge in [0.2, 0.25) is 0 Å². The van der Waals surface area contributed by atoms with Crippen molar-refractivity contribution < 1.29 is 14.2 Å². The second-order valence-corrected chi connectivity index (χ2v) is 7.12. The maximum absolute atomic E-state index is 13.9. The van der Waals surface area contributed by atoms with Gasteiger partial charge in [-0.25, -0.2) is 4.39 Å². The van der Waals surface area contributed by atoms with E-state index in [4.69, 9.17) is 27.9 Å². The lowest BCUT2D eigenvalue weighted by Gasteiger charge is -2.36. The van der Waals surface area contributed by atoms with Gasteiger partial charge in [0.25, 0.3) is 0 Å². The number of aliphatic hydroxyl groups is 1. The highest BCUT2D eigenvalue weighted by Crippen LogP contribution is 2.27. The van der Waals surface area contributed by atoms with Crippen molar-refractivity contribution in [1.82, 2.24) is 4.90 Å². The van der Waals surface area contributed by atoms with Crippen molar-refractivity contribution in [3.8, 4) is 5.75 Å². The molecular weight excluding hydrogens is 449 g/mol. The first kappa shape index (κ1) is 25.1. The van der Waals surface area contributed by atoms with Crippen LogP contribution in [0.25, 0.3) is 0 Å². The predicted octanol–water partition coefficient (Wildman–Crippen LogP) is 4.54. The maximum atomic E-state index is 13.9. The Morgan fingerprint density at radius 1 is 1.04 bits per heavy atom. The first-order valence-corrected chi connectivity index (χ1v) is 9.26. The second-order valence-electron chi connectivity index (χ2n) is 6.28. The van der Waals surface area contributed by atoms with Crippen LogP contribution in [0.15, 0.2) is 42.5 Å². The summed E-state index contributed by atoms with van der Waals surface area (Å²) < 4.78 is 19.4. The van der Waals surface area contributed by atoms with E-state index >= 15 is 0 Å². The van der Waals surface area contributed by atoms with Crippen LogP contribution in [-0.2, 0) is 0 Å². The topological polar surface area (TPSA) is 35.9 Å². The fourth-order valence-electron chi connectivity index (χ4n) is 3.01. The Balaban J connectivity index is 0.00000196. The van der Waals surface area contributed by atoms with Crippen molar-refractivity contribution in [1.29, 1.82) is 0 Å². The van der Waals surface area contributed by atoms with E-state index in [1.165, 1.54) is 6.07 Å². The summed E-state index contributed by atoms with van der Waals surface area (Å²) in [7, 11) is 0. The first-order chi connectivity index (χ1) is 12.5. The van der Waals surface area contributed by atoms with Gasteiger partial charge in [-0.2, -0.15) is 0 Å². The number of rotatable bonds is 6. The normalized spacial score (nSPS) is 15.4. The minimum atomic E-state index is -0.637. The Hall–Kier alpha value is -0.950. The van der Waals surface area contributed by atoms with Gasteiger partial charge >= 0.3 is 0 Å². The molecule has 1 saturated heterocycles. The molecule has 2 aromatic rings. The van der Waals surface area contributed by atoms with Gasteiger partial charge in [0.1, 0.15) is 24.3 Å². The van der Waals surface area contributed by atoms with E-state index in [0.717, 1.165) is 26.2 Å². The smallest absolute Gasteiger partial charge is 0.146 e. The lowest BCUT2D eigenvalue weighted by atomic mass is 10.2. The lowest BCUT2D eigenvalue weighted by Crippen LogP contribution is -2.49. The quantitative estimate of drug-likeness (QED) is 0.670. The third kappa shape index (κ3) is 6.83. The summed E-state index contributed by atoms with van der Waals surface area (Å²) in [5.74, 6) is 0.300. The second kappa shape index (κ2) is 11.9. The van der Waals surface area contributed by atoms with E-state index in [9.17, 15) is 9.50 Å². The van der Waals surface area contributed by atoms with E-state index < -0.39 is 6.10 Å². The van der Waals surface area contributed by atoms with Crippen LogP contribution in [0, 0.1) is 5.82 Å². The zero-order valence-corrected chi connectivity index (χ0v) is 18.2. The van der Waals surface area contributed by atoms with Crippen molar-refractivity contribution in [2.75, 3.05) is 44.2 Å². The molecule has 9 heteroatoms. The molecule has 156 valence electrons. The van der Waals surface area contributed by atoms with Crippen molar-refractivity contribution in [3.05, 3.63) is 58.3 Å². The third-order valence-electron chi connectivity index (χ3n) is 4.36. The SMILES string of the molecule is Cl.Cl.OC(COc1ccc(Cl)cc1Cl)CN1CCN(c2ccccc2F)CC1. The fraction of sp³-hybridized carbons (Fsp3) is 0.368. The number of piperazine rings is 1. The van der Waals surface area contributed by atoms with E-state index in [0.29, 0.717) is 28.0 Å². The lowest BCUT2D eigenvalue weighted by molar-refractivity contribution is 0.0663. The molecular formula is C19H23Cl4FN2O2. The van der Waals surface area contributed by atoms with Gasteiger partial charge in [-0.15, -0.1) is 24.8 Å². The molecule has 1 aliphatic heterocycles. The number of hydrogen-bond donors (Lipinski definition) is 1. The van der Waals surface area contributed by atoms with Crippen molar-refractivity contribution in [2.45, 2.75) is 6.10 Å². The summed E-state index contributed by atoms with van der Waals surface area (Å²) in [6.45, 7) is 3.60. The zero-order chi connectivity index (χ0) is 18.5. The molecule has 0 saturated carbocycles. The van der Waals surface area contributed by atoms with Crippen LogP contribution in [0.4, 0.5) is 10.1 Å². The van der Waals surface area contributed by atoms with Crippen molar-refractivity contribution >= 4 is 53.7 Å².